The van der Waals surface area contributed by atoms with Crippen LogP contribution >= 0.6 is 11.3 Å². The zero-order chi connectivity index (χ0) is 20.7. The molecule has 0 atom stereocenters. The van der Waals surface area contributed by atoms with Crippen LogP contribution in [-0.2, 0) is 24.3 Å². The molecule has 0 spiro atoms. The highest BCUT2D eigenvalue weighted by Crippen LogP contribution is 2.41. The van der Waals surface area contributed by atoms with Crippen LogP contribution in [0.25, 0.3) is 33.2 Å². The zero-order valence-electron chi connectivity index (χ0n) is 16.3. The third-order valence-electron chi connectivity index (χ3n) is 4.91. The summed E-state index contributed by atoms with van der Waals surface area (Å²) in [6, 6.07) is 6.02. The van der Waals surface area contributed by atoms with Crippen LogP contribution in [0.3, 0.4) is 0 Å². The number of carbonyl (C=O) groups is 1. The molecule has 30 heavy (non-hydrogen) atoms. The standard InChI is InChI=1S/C20H19N7O2S/c1-2-27-19(22-11-24-27)20-25-18-14-4-3-12(7-15(14)29-6-5-16(18)30-20)13-8-23-26(9-13)10-17(21)28/h3-4,7-9,11H,2,5-6,10H2,1H3,(H2,21,28). The van der Waals surface area contributed by atoms with E-state index in [1.165, 1.54) is 9.56 Å². The number of nitrogens with zero attached hydrogens (tertiary/aromatic N) is 6. The van der Waals surface area contributed by atoms with Crippen molar-refractivity contribution in [3.05, 3.63) is 41.8 Å². The maximum Gasteiger partial charge on any atom is 0.239 e. The lowest BCUT2D eigenvalue weighted by atomic mass is 10.0. The molecule has 0 unspecified atom stereocenters. The van der Waals surface area contributed by atoms with Crippen molar-refractivity contribution in [2.24, 2.45) is 5.73 Å². The number of rotatable bonds is 5. The molecule has 0 saturated carbocycles. The third kappa shape index (κ3) is 3.24. The van der Waals surface area contributed by atoms with Gasteiger partial charge in [0.25, 0.3) is 0 Å². The topological polar surface area (TPSA) is 114 Å². The first kappa shape index (κ1) is 18.5. The summed E-state index contributed by atoms with van der Waals surface area (Å²) in [5, 5.41) is 9.32. The lowest BCUT2D eigenvalue weighted by Crippen LogP contribution is -2.18. The van der Waals surface area contributed by atoms with Crippen molar-refractivity contribution >= 4 is 17.2 Å². The normalized spacial score (nSPS) is 12.7. The molecule has 152 valence electrons. The Balaban J connectivity index is 1.52. The van der Waals surface area contributed by atoms with Gasteiger partial charge in [-0.25, -0.2) is 14.6 Å². The van der Waals surface area contributed by atoms with Crippen molar-refractivity contribution in [1.29, 1.82) is 0 Å². The van der Waals surface area contributed by atoms with Crippen molar-refractivity contribution < 1.29 is 9.53 Å². The summed E-state index contributed by atoms with van der Waals surface area (Å²) in [5.41, 5.74) is 8.98. The molecule has 9 nitrogen and oxygen atoms in total. The summed E-state index contributed by atoms with van der Waals surface area (Å²) in [7, 11) is 0. The number of hydrogen-bond donors (Lipinski definition) is 1. The highest BCUT2D eigenvalue weighted by atomic mass is 32.1. The number of aryl methyl sites for hydroxylation is 1. The molecule has 1 aliphatic rings. The molecular formula is C20H19N7O2S. The second-order valence-corrected chi connectivity index (χ2v) is 7.98. The number of fused-ring (bicyclic) bond motifs is 3. The van der Waals surface area contributed by atoms with Gasteiger partial charge in [0.15, 0.2) is 10.8 Å². The van der Waals surface area contributed by atoms with Crippen LogP contribution in [0, 0.1) is 0 Å². The summed E-state index contributed by atoms with van der Waals surface area (Å²) >= 11 is 1.64. The van der Waals surface area contributed by atoms with E-state index in [4.69, 9.17) is 15.5 Å². The second kappa shape index (κ2) is 7.38. The van der Waals surface area contributed by atoms with Crippen LogP contribution < -0.4 is 10.5 Å². The lowest BCUT2D eigenvalue weighted by Gasteiger charge is -2.09. The van der Waals surface area contributed by atoms with Gasteiger partial charge in [0, 0.05) is 35.2 Å². The van der Waals surface area contributed by atoms with E-state index in [1.54, 1.807) is 30.1 Å². The second-order valence-electron chi connectivity index (χ2n) is 6.89. The van der Waals surface area contributed by atoms with Gasteiger partial charge in [-0.1, -0.05) is 6.07 Å². The van der Waals surface area contributed by atoms with Crippen molar-refractivity contribution in [2.75, 3.05) is 6.61 Å². The summed E-state index contributed by atoms with van der Waals surface area (Å²) in [4.78, 5) is 21.6. The fraction of sp³-hybridized carbons (Fsp3) is 0.250. The Morgan fingerprint density at radius 2 is 2.20 bits per heavy atom. The molecule has 1 aliphatic heterocycles. The minimum atomic E-state index is -0.430. The number of aromatic nitrogens is 6. The molecule has 1 amide bonds. The number of carbonyl (C=O) groups excluding carboxylic acids is 1. The molecule has 0 aliphatic carbocycles. The van der Waals surface area contributed by atoms with E-state index in [0.29, 0.717) is 6.61 Å². The quantitative estimate of drug-likeness (QED) is 0.529. The fourth-order valence-electron chi connectivity index (χ4n) is 3.52. The molecular weight excluding hydrogens is 402 g/mol. The SMILES string of the molecule is CCn1ncnc1-c1nc2c(s1)CCOc1cc(-c3cnn(CC(N)=O)c3)ccc1-2. The smallest absolute Gasteiger partial charge is 0.239 e. The first-order chi connectivity index (χ1) is 14.6. The van der Waals surface area contributed by atoms with Crippen LogP contribution in [-0.4, -0.2) is 42.0 Å². The van der Waals surface area contributed by atoms with Crippen molar-refractivity contribution in [1.82, 2.24) is 29.5 Å². The Hall–Kier alpha value is -3.53. The summed E-state index contributed by atoms with van der Waals surface area (Å²) < 4.78 is 9.41. The Kier molecular flexibility index (Phi) is 4.55. The monoisotopic (exact) mass is 421 g/mol. The largest absolute Gasteiger partial charge is 0.492 e. The van der Waals surface area contributed by atoms with Gasteiger partial charge in [0.2, 0.25) is 5.91 Å². The van der Waals surface area contributed by atoms with Gasteiger partial charge >= 0.3 is 0 Å². The Morgan fingerprint density at radius 1 is 1.30 bits per heavy atom. The minimum Gasteiger partial charge on any atom is -0.492 e. The fourth-order valence-corrected chi connectivity index (χ4v) is 4.58. The molecule has 4 heterocycles. The van der Waals surface area contributed by atoms with Crippen LogP contribution in [0.15, 0.2) is 36.9 Å². The predicted octanol–water partition coefficient (Wildman–Crippen LogP) is 2.37. The predicted molar refractivity (Wildman–Crippen MR) is 112 cm³/mol. The number of amides is 1. The van der Waals surface area contributed by atoms with E-state index in [9.17, 15) is 4.79 Å². The third-order valence-corrected chi connectivity index (χ3v) is 6.02. The maximum absolute atomic E-state index is 11.1. The van der Waals surface area contributed by atoms with Gasteiger partial charge in [-0.05, 0) is 24.6 Å². The van der Waals surface area contributed by atoms with Crippen LogP contribution in [0.1, 0.15) is 11.8 Å². The Bertz CT molecular complexity index is 1240. The van der Waals surface area contributed by atoms with Gasteiger partial charge < -0.3 is 10.5 Å². The molecule has 0 radical (unpaired) electrons. The molecule has 0 saturated heterocycles. The first-order valence-electron chi connectivity index (χ1n) is 9.58. The van der Waals surface area contributed by atoms with Gasteiger partial charge in [0.05, 0.1) is 18.5 Å². The molecule has 0 fully saturated rings. The van der Waals surface area contributed by atoms with Gasteiger partial charge in [-0.3, -0.25) is 9.48 Å². The number of nitrogens with two attached hydrogens (primary N) is 1. The molecule has 5 rings (SSSR count). The Morgan fingerprint density at radius 3 is 3.03 bits per heavy atom. The van der Waals surface area contributed by atoms with Crippen molar-refractivity contribution in [2.45, 2.75) is 26.4 Å². The van der Waals surface area contributed by atoms with E-state index >= 15 is 0 Å². The Labute approximate surface area is 176 Å². The molecule has 4 aromatic rings. The maximum atomic E-state index is 11.1. The minimum absolute atomic E-state index is 0.0504. The van der Waals surface area contributed by atoms with Crippen LogP contribution in [0.4, 0.5) is 0 Å². The molecule has 3 aromatic heterocycles. The summed E-state index contributed by atoms with van der Waals surface area (Å²) in [6.45, 7) is 3.40. The summed E-state index contributed by atoms with van der Waals surface area (Å²) in [5.74, 6) is 1.14. The molecule has 1 aromatic carbocycles. The highest BCUT2D eigenvalue weighted by molar-refractivity contribution is 7.15. The van der Waals surface area contributed by atoms with E-state index in [2.05, 4.69) is 15.2 Å². The molecule has 10 heteroatoms. The van der Waals surface area contributed by atoms with Crippen molar-refractivity contribution in [3.63, 3.8) is 0 Å². The van der Waals surface area contributed by atoms with Crippen LogP contribution in [0.2, 0.25) is 0 Å². The molecule has 2 N–H and O–H groups in total. The highest BCUT2D eigenvalue weighted by Gasteiger charge is 2.23. The van der Waals surface area contributed by atoms with E-state index in [-0.39, 0.29) is 6.54 Å². The lowest BCUT2D eigenvalue weighted by molar-refractivity contribution is -0.118. The first-order valence-corrected chi connectivity index (χ1v) is 10.4. The molecule has 0 bridgehead atoms. The van der Waals surface area contributed by atoms with Crippen LogP contribution in [0.5, 0.6) is 5.75 Å². The van der Waals surface area contributed by atoms with Crippen molar-refractivity contribution in [3.8, 4) is 39.0 Å². The average Bonchev–Trinajstić information content (AvgIpc) is 3.45. The van der Waals surface area contributed by atoms with Gasteiger partial charge in [-0.15, -0.1) is 11.3 Å². The zero-order valence-corrected chi connectivity index (χ0v) is 17.1. The average molecular weight is 421 g/mol. The number of primary amides is 1. The number of ether oxygens (including phenoxy) is 1. The number of hydrogen-bond acceptors (Lipinski definition) is 7. The van der Waals surface area contributed by atoms with Gasteiger partial charge in [0.1, 0.15) is 18.6 Å². The van der Waals surface area contributed by atoms with E-state index < -0.39 is 5.91 Å². The van der Waals surface area contributed by atoms with E-state index in [0.717, 1.165) is 51.9 Å². The number of thiazole rings is 1. The van der Waals surface area contributed by atoms with E-state index in [1.807, 2.05) is 29.8 Å². The number of benzene rings is 1. The summed E-state index contributed by atoms with van der Waals surface area (Å²) in [6.07, 6.45) is 5.86. The van der Waals surface area contributed by atoms with Gasteiger partial charge in [-0.2, -0.15) is 10.2 Å².